The van der Waals surface area contributed by atoms with E-state index < -0.39 is 6.04 Å². The topological polar surface area (TPSA) is 82.8 Å². The first-order valence-electron chi connectivity index (χ1n) is 7.80. The Morgan fingerprint density at radius 2 is 1.96 bits per heavy atom. The molecule has 1 aromatic carbocycles. The lowest BCUT2D eigenvalue weighted by atomic mass is 10.0. The van der Waals surface area contributed by atoms with Crippen molar-refractivity contribution >= 4 is 11.8 Å². The number of nitrogens with one attached hydrogen (secondary N) is 1. The Hall–Kier alpha value is -2.60. The number of nitrogens with zero attached hydrogens (tertiary/aromatic N) is 1. The Kier molecular flexibility index (Phi) is 6.14. The molecule has 0 saturated carbocycles. The van der Waals surface area contributed by atoms with Gasteiger partial charge in [0.15, 0.2) is 0 Å². The van der Waals surface area contributed by atoms with E-state index in [1.165, 1.54) is 18.6 Å². The number of likely N-dealkylation sites (N-methyl/N-ethyl adjacent to an activating group) is 1. The van der Waals surface area contributed by atoms with Crippen molar-refractivity contribution in [2.45, 2.75) is 25.4 Å². The summed E-state index contributed by atoms with van der Waals surface area (Å²) < 4.78 is 4.87. The number of hydrogen-bond acceptors (Lipinski definition) is 4. The standard InChI is InChI=1S/C18H22N2O4/c1-13(19-17(22)15-9-11-24-12-15)18(23)20(2)16(8-10-21)14-6-4-3-5-7-14/h3-7,9,11-13,16,21H,8,10H2,1-2H3,(H,19,22). The summed E-state index contributed by atoms with van der Waals surface area (Å²) in [6.07, 6.45) is 3.16. The zero-order valence-corrected chi connectivity index (χ0v) is 13.8. The van der Waals surface area contributed by atoms with Gasteiger partial charge in [-0.25, -0.2) is 0 Å². The van der Waals surface area contributed by atoms with E-state index in [1.807, 2.05) is 30.3 Å². The van der Waals surface area contributed by atoms with Crippen LogP contribution in [0, 0.1) is 0 Å². The second kappa shape index (κ2) is 8.31. The minimum atomic E-state index is -0.692. The van der Waals surface area contributed by atoms with Crippen molar-refractivity contribution in [2.24, 2.45) is 0 Å². The molecule has 2 aromatic rings. The van der Waals surface area contributed by atoms with Crippen LogP contribution in [-0.2, 0) is 4.79 Å². The van der Waals surface area contributed by atoms with Crippen molar-refractivity contribution in [3.8, 4) is 0 Å². The average molecular weight is 330 g/mol. The zero-order valence-electron chi connectivity index (χ0n) is 13.8. The summed E-state index contributed by atoms with van der Waals surface area (Å²) in [4.78, 5) is 26.2. The lowest BCUT2D eigenvalue weighted by Crippen LogP contribution is -2.46. The van der Waals surface area contributed by atoms with Crippen molar-refractivity contribution in [3.05, 3.63) is 60.1 Å². The van der Waals surface area contributed by atoms with E-state index in [4.69, 9.17) is 4.42 Å². The van der Waals surface area contributed by atoms with E-state index in [1.54, 1.807) is 18.9 Å². The average Bonchev–Trinajstić information content (AvgIpc) is 3.14. The third-order valence-corrected chi connectivity index (χ3v) is 3.90. The van der Waals surface area contributed by atoms with Gasteiger partial charge in [-0.05, 0) is 25.0 Å². The second-order valence-electron chi connectivity index (χ2n) is 5.60. The molecule has 2 amide bonds. The van der Waals surface area contributed by atoms with Crippen molar-refractivity contribution in [1.82, 2.24) is 10.2 Å². The molecule has 0 bridgehead atoms. The van der Waals surface area contributed by atoms with E-state index in [-0.39, 0.29) is 24.5 Å². The molecule has 1 heterocycles. The van der Waals surface area contributed by atoms with Crippen LogP contribution < -0.4 is 5.32 Å². The van der Waals surface area contributed by atoms with E-state index in [0.29, 0.717) is 12.0 Å². The Labute approximate surface area is 141 Å². The van der Waals surface area contributed by atoms with E-state index in [0.717, 1.165) is 5.56 Å². The van der Waals surface area contributed by atoms with Gasteiger partial charge in [-0.1, -0.05) is 30.3 Å². The van der Waals surface area contributed by atoms with Crippen molar-refractivity contribution in [2.75, 3.05) is 13.7 Å². The summed E-state index contributed by atoms with van der Waals surface area (Å²) in [6, 6.07) is 10.1. The van der Waals surface area contributed by atoms with Crippen LogP contribution in [0.4, 0.5) is 0 Å². The molecule has 2 atom stereocenters. The predicted molar refractivity (Wildman–Crippen MR) is 89.3 cm³/mol. The molecular weight excluding hydrogens is 308 g/mol. The molecule has 2 unspecified atom stereocenters. The van der Waals surface area contributed by atoms with Crippen LogP contribution in [-0.4, -0.2) is 41.5 Å². The molecule has 0 radical (unpaired) electrons. The first-order valence-corrected chi connectivity index (χ1v) is 7.80. The highest BCUT2D eigenvalue weighted by Crippen LogP contribution is 2.23. The number of benzene rings is 1. The van der Waals surface area contributed by atoms with Gasteiger partial charge in [-0.3, -0.25) is 9.59 Å². The normalized spacial score (nSPS) is 13.1. The third-order valence-electron chi connectivity index (χ3n) is 3.90. The van der Waals surface area contributed by atoms with Crippen LogP contribution in [0.1, 0.15) is 35.3 Å². The van der Waals surface area contributed by atoms with Gasteiger partial charge in [0.2, 0.25) is 5.91 Å². The summed E-state index contributed by atoms with van der Waals surface area (Å²) in [7, 11) is 1.68. The molecule has 0 aliphatic heterocycles. The number of aliphatic hydroxyl groups is 1. The number of hydrogen-bond donors (Lipinski definition) is 2. The number of carbonyl (C=O) groups is 2. The summed E-state index contributed by atoms with van der Waals surface area (Å²) >= 11 is 0. The molecule has 0 saturated heterocycles. The quantitative estimate of drug-likeness (QED) is 0.813. The van der Waals surface area contributed by atoms with Gasteiger partial charge >= 0.3 is 0 Å². The lowest BCUT2D eigenvalue weighted by Gasteiger charge is -2.30. The van der Waals surface area contributed by atoms with Crippen molar-refractivity contribution in [3.63, 3.8) is 0 Å². The Bertz CT molecular complexity index is 655. The third kappa shape index (κ3) is 4.23. The van der Waals surface area contributed by atoms with E-state index in [9.17, 15) is 14.7 Å². The van der Waals surface area contributed by atoms with Crippen molar-refractivity contribution in [1.29, 1.82) is 0 Å². The maximum absolute atomic E-state index is 12.6. The lowest BCUT2D eigenvalue weighted by molar-refractivity contribution is -0.134. The van der Waals surface area contributed by atoms with Gasteiger partial charge in [0, 0.05) is 13.7 Å². The molecule has 2 rings (SSSR count). The molecule has 2 N–H and O–H groups in total. The van der Waals surface area contributed by atoms with E-state index >= 15 is 0 Å². The fourth-order valence-electron chi connectivity index (χ4n) is 2.58. The number of carbonyl (C=O) groups excluding carboxylic acids is 2. The SMILES string of the molecule is CC(NC(=O)c1ccoc1)C(=O)N(C)C(CCO)c1ccccc1. The smallest absolute Gasteiger partial charge is 0.255 e. The second-order valence-corrected chi connectivity index (χ2v) is 5.60. The van der Waals surface area contributed by atoms with Crippen molar-refractivity contribution < 1.29 is 19.1 Å². The molecular formula is C18H22N2O4. The fourth-order valence-corrected chi connectivity index (χ4v) is 2.58. The first-order chi connectivity index (χ1) is 11.5. The van der Waals surface area contributed by atoms with Gasteiger partial charge in [0.25, 0.3) is 5.91 Å². The Morgan fingerprint density at radius 3 is 2.54 bits per heavy atom. The molecule has 24 heavy (non-hydrogen) atoms. The summed E-state index contributed by atoms with van der Waals surface area (Å²) in [6.45, 7) is 1.60. The number of furan rings is 1. The number of rotatable bonds is 7. The number of aliphatic hydroxyl groups excluding tert-OH is 1. The fraction of sp³-hybridized carbons (Fsp3) is 0.333. The van der Waals surface area contributed by atoms with Gasteiger partial charge in [-0.15, -0.1) is 0 Å². The summed E-state index contributed by atoms with van der Waals surface area (Å²) in [5, 5.41) is 12.0. The van der Waals surface area contributed by atoms with Gasteiger partial charge < -0.3 is 19.7 Å². The molecule has 0 aliphatic rings. The highest BCUT2D eigenvalue weighted by molar-refractivity contribution is 5.97. The number of amides is 2. The van der Waals surface area contributed by atoms with Gasteiger partial charge in [0.1, 0.15) is 12.3 Å². The molecule has 6 heteroatoms. The molecule has 0 fully saturated rings. The monoisotopic (exact) mass is 330 g/mol. The minimum absolute atomic E-state index is 0.0348. The highest BCUT2D eigenvalue weighted by Gasteiger charge is 2.26. The highest BCUT2D eigenvalue weighted by atomic mass is 16.3. The van der Waals surface area contributed by atoms with Crippen LogP contribution >= 0.6 is 0 Å². The van der Waals surface area contributed by atoms with Gasteiger partial charge in [-0.2, -0.15) is 0 Å². The molecule has 128 valence electrons. The molecule has 1 aromatic heterocycles. The van der Waals surface area contributed by atoms with Crippen LogP contribution in [0.15, 0.2) is 53.3 Å². The molecule has 0 aliphatic carbocycles. The maximum atomic E-state index is 12.6. The summed E-state index contributed by atoms with van der Waals surface area (Å²) in [5.74, 6) is -0.592. The summed E-state index contributed by atoms with van der Waals surface area (Å²) in [5.41, 5.74) is 1.31. The molecule has 6 nitrogen and oxygen atoms in total. The minimum Gasteiger partial charge on any atom is -0.472 e. The Balaban J connectivity index is 2.06. The molecule has 0 spiro atoms. The Morgan fingerprint density at radius 1 is 1.25 bits per heavy atom. The van der Waals surface area contributed by atoms with Crippen LogP contribution in [0.3, 0.4) is 0 Å². The zero-order chi connectivity index (χ0) is 17.5. The van der Waals surface area contributed by atoms with Gasteiger partial charge in [0.05, 0.1) is 17.9 Å². The maximum Gasteiger partial charge on any atom is 0.255 e. The van der Waals surface area contributed by atoms with Crippen LogP contribution in [0.25, 0.3) is 0 Å². The van der Waals surface area contributed by atoms with E-state index in [2.05, 4.69) is 5.32 Å². The van der Waals surface area contributed by atoms with Crippen LogP contribution in [0.2, 0.25) is 0 Å². The largest absolute Gasteiger partial charge is 0.472 e. The predicted octanol–water partition coefficient (Wildman–Crippen LogP) is 1.98. The van der Waals surface area contributed by atoms with Crippen LogP contribution in [0.5, 0.6) is 0 Å². The first kappa shape index (κ1) is 17.7.